The predicted octanol–water partition coefficient (Wildman–Crippen LogP) is 3.21. The second-order valence-corrected chi connectivity index (χ2v) is 6.68. The van der Waals surface area contributed by atoms with Crippen LogP contribution in [-0.4, -0.2) is 16.1 Å². The van der Waals surface area contributed by atoms with E-state index in [9.17, 15) is 4.79 Å². The fourth-order valence-electron chi connectivity index (χ4n) is 2.64. The quantitative estimate of drug-likeness (QED) is 0.412. The van der Waals surface area contributed by atoms with Gasteiger partial charge in [0.05, 0.1) is 14.7 Å². The van der Waals surface area contributed by atoms with Crippen molar-refractivity contribution in [3.05, 3.63) is 56.8 Å². The molecule has 0 saturated heterocycles. The van der Waals surface area contributed by atoms with Gasteiger partial charge in [-0.25, -0.2) is 10.5 Å². The molecule has 2 aromatic rings. The van der Waals surface area contributed by atoms with E-state index in [-0.39, 0.29) is 5.54 Å². The van der Waals surface area contributed by atoms with Crippen LogP contribution in [0.5, 0.6) is 0 Å². The van der Waals surface area contributed by atoms with Crippen molar-refractivity contribution in [2.24, 2.45) is 0 Å². The van der Waals surface area contributed by atoms with Gasteiger partial charge in [0.2, 0.25) is 0 Å². The molecule has 0 radical (unpaired) electrons. The molecule has 6 heteroatoms. The van der Waals surface area contributed by atoms with E-state index in [4.69, 9.17) is 5.21 Å². The summed E-state index contributed by atoms with van der Waals surface area (Å²) in [5.41, 5.74) is 4.45. The summed E-state index contributed by atoms with van der Waals surface area (Å²) < 4.78 is 0.846. The number of benzene rings is 1. The molecule has 0 aliphatic heterocycles. The molecule has 0 unspecified atom stereocenters. The van der Waals surface area contributed by atoms with E-state index in [1.165, 1.54) is 17.3 Å². The average Bonchev–Trinajstić information content (AvgIpc) is 3.29. The Morgan fingerprint density at radius 2 is 2.09 bits per heavy atom. The summed E-state index contributed by atoms with van der Waals surface area (Å²) >= 11 is 2.14. The first kappa shape index (κ1) is 15.2. The van der Waals surface area contributed by atoms with Crippen LogP contribution in [0.4, 0.5) is 5.82 Å². The van der Waals surface area contributed by atoms with Gasteiger partial charge in [-0.3, -0.25) is 10.0 Å². The fourth-order valence-corrected chi connectivity index (χ4v) is 3.25. The van der Waals surface area contributed by atoms with E-state index in [1.807, 2.05) is 6.07 Å². The fraction of sp³-hybridized carbons (Fsp3) is 0.250. The van der Waals surface area contributed by atoms with Gasteiger partial charge in [0, 0.05) is 6.20 Å². The lowest BCUT2D eigenvalue weighted by Gasteiger charge is -2.21. The zero-order valence-corrected chi connectivity index (χ0v) is 14.2. The molecule has 22 heavy (non-hydrogen) atoms. The lowest BCUT2D eigenvalue weighted by Crippen LogP contribution is -2.22. The van der Waals surface area contributed by atoms with Gasteiger partial charge >= 0.3 is 0 Å². The van der Waals surface area contributed by atoms with E-state index < -0.39 is 5.91 Å². The first-order valence-electron chi connectivity index (χ1n) is 7.00. The lowest BCUT2D eigenvalue weighted by atomic mass is 9.99. The number of nitrogens with one attached hydrogen (secondary N) is 2. The minimum Gasteiger partial charge on any atom is -0.360 e. The molecule has 1 amide bonds. The van der Waals surface area contributed by atoms with E-state index in [0.29, 0.717) is 5.56 Å². The number of rotatable bonds is 4. The number of carbonyl (C=O) groups is 1. The predicted molar refractivity (Wildman–Crippen MR) is 91.9 cm³/mol. The number of pyridine rings is 1. The van der Waals surface area contributed by atoms with E-state index in [0.717, 1.165) is 22.2 Å². The molecular weight excluding hydrogens is 393 g/mol. The van der Waals surface area contributed by atoms with Gasteiger partial charge in [0.15, 0.2) is 0 Å². The maximum atomic E-state index is 11.4. The maximum Gasteiger partial charge on any atom is 0.276 e. The molecule has 1 saturated carbocycles. The van der Waals surface area contributed by atoms with Crippen LogP contribution in [0.1, 0.15) is 34.3 Å². The van der Waals surface area contributed by atoms with Crippen molar-refractivity contribution in [1.82, 2.24) is 10.5 Å². The summed E-state index contributed by atoms with van der Waals surface area (Å²) in [6, 6.07) is 10.1. The van der Waals surface area contributed by atoms with E-state index in [2.05, 4.69) is 58.0 Å². The molecule has 1 fully saturated rings. The first-order valence-corrected chi connectivity index (χ1v) is 8.08. The summed E-state index contributed by atoms with van der Waals surface area (Å²) in [4.78, 5) is 15.8. The van der Waals surface area contributed by atoms with Gasteiger partial charge in [0.25, 0.3) is 5.91 Å². The van der Waals surface area contributed by atoms with Crippen LogP contribution >= 0.6 is 22.6 Å². The van der Waals surface area contributed by atoms with E-state index >= 15 is 0 Å². The number of nitrogens with zero attached hydrogens (tertiary/aromatic N) is 1. The van der Waals surface area contributed by atoms with Crippen molar-refractivity contribution in [1.29, 1.82) is 0 Å². The van der Waals surface area contributed by atoms with Crippen LogP contribution in [0.15, 0.2) is 36.5 Å². The second kappa shape index (κ2) is 5.85. The van der Waals surface area contributed by atoms with Crippen LogP contribution in [0, 0.1) is 10.5 Å². The molecule has 3 N–H and O–H groups in total. The smallest absolute Gasteiger partial charge is 0.276 e. The van der Waals surface area contributed by atoms with Gasteiger partial charge in [-0.05, 0) is 59.5 Å². The number of hydroxylamine groups is 1. The Morgan fingerprint density at radius 1 is 1.36 bits per heavy atom. The largest absolute Gasteiger partial charge is 0.360 e. The molecule has 1 aromatic heterocycles. The Hall–Kier alpha value is -1.67. The number of hydrogen-bond donors (Lipinski definition) is 3. The van der Waals surface area contributed by atoms with Crippen LogP contribution in [0.3, 0.4) is 0 Å². The second-order valence-electron chi connectivity index (χ2n) is 5.52. The molecular formula is C16H16IN3O2. The number of aryl methyl sites for hydroxylation is 1. The minimum absolute atomic E-state index is 0.0565. The molecule has 5 nitrogen and oxygen atoms in total. The maximum absolute atomic E-state index is 11.4. The molecule has 0 spiro atoms. The third-order valence-electron chi connectivity index (χ3n) is 3.97. The van der Waals surface area contributed by atoms with Crippen molar-refractivity contribution in [2.45, 2.75) is 25.3 Å². The molecule has 1 heterocycles. The Morgan fingerprint density at radius 3 is 2.68 bits per heavy atom. The topological polar surface area (TPSA) is 74.2 Å². The van der Waals surface area contributed by atoms with Crippen LogP contribution < -0.4 is 10.8 Å². The Kier molecular flexibility index (Phi) is 4.05. The molecule has 114 valence electrons. The summed E-state index contributed by atoms with van der Waals surface area (Å²) in [7, 11) is 0. The molecule has 0 bridgehead atoms. The molecule has 1 aliphatic carbocycles. The first-order chi connectivity index (χ1) is 10.6. The van der Waals surface area contributed by atoms with Crippen molar-refractivity contribution < 1.29 is 10.0 Å². The van der Waals surface area contributed by atoms with Crippen molar-refractivity contribution in [3.8, 4) is 0 Å². The van der Waals surface area contributed by atoms with Crippen LogP contribution in [0.2, 0.25) is 0 Å². The highest BCUT2D eigenvalue weighted by Gasteiger charge is 2.45. The Labute approximate surface area is 142 Å². The van der Waals surface area contributed by atoms with Gasteiger partial charge < -0.3 is 5.32 Å². The SMILES string of the molecule is Cc1ccccc1C1(Nc2ncc(C(=O)NO)cc2I)CC1. The number of aromatic nitrogens is 1. The summed E-state index contributed by atoms with van der Waals surface area (Å²) in [6.07, 6.45) is 3.59. The number of carbonyl (C=O) groups excluding carboxylic acids is 1. The number of hydrogen-bond acceptors (Lipinski definition) is 4. The highest BCUT2D eigenvalue weighted by atomic mass is 127. The zero-order valence-electron chi connectivity index (χ0n) is 12.1. The molecule has 1 aliphatic rings. The highest BCUT2D eigenvalue weighted by molar-refractivity contribution is 14.1. The molecule has 1 aromatic carbocycles. The van der Waals surface area contributed by atoms with E-state index in [1.54, 1.807) is 11.5 Å². The standard InChI is InChI=1S/C16H16IN3O2/c1-10-4-2-3-5-12(10)16(6-7-16)19-14-13(17)8-11(9-18-14)15(21)20-22/h2-5,8-9,22H,6-7H2,1H3,(H,18,19)(H,20,21). The lowest BCUT2D eigenvalue weighted by molar-refractivity contribution is 0.0706. The van der Waals surface area contributed by atoms with Gasteiger partial charge in [0.1, 0.15) is 5.82 Å². The summed E-state index contributed by atoms with van der Waals surface area (Å²) in [6.45, 7) is 2.12. The van der Waals surface area contributed by atoms with Gasteiger partial charge in [-0.2, -0.15) is 0 Å². The van der Waals surface area contributed by atoms with Crippen LogP contribution in [0.25, 0.3) is 0 Å². The third kappa shape index (κ3) is 2.80. The normalized spacial score (nSPS) is 15.2. The number of anilines is 1. The van der Waals surface area contributed by atoms with Crippen molar-refractivity contribution in [2.75, 3.05) is 5.32 Å². The number of halogens is 1. The minimum atomic E-state index is -0.558. The van der Waals surface area contributed by atoms with Gasteiger partial charge in [-0.15, -0.1) is 0 Å². The average molecular weight is 409 g/mol. The van der Waals surface area contributed by atoms with Crippen molar-refractivity contribution >= 4 is 34.3 Å². The molecule has 3 rings (SSSR count). The Balaban J connectivity index is 1.88. The summed E-state index contributed by atoms with van der Waals surface area (Å²) in [5, 5.41) is 12.2. The third-order valence-corrected chi connectivity index (χ3v) is 4.80. The number of amides is 1. The van der Waals surface area contributed by atoms with Gasteiger partial charge in [-0.1, -0.05) is 24.3 Å². The zero-order chi connectivity index (χ0) is 15.7. The summed E-state index contributed by atoms with van der Waals surface area (Å²) in [5.74, 6) is 0.202. The van der Waals surface area contributed by atoms with Crippen LogP contribution in [-0.2, 0) is 5.54 Å². The Bertz CT molecular complexity index is 729. The van der Waals surface area contributed by atoms with Crippen molar-refractivity contribution in [3.63, 3.8) is 0 Å². The molecule has 0 atom stereocenters. The highest BCUT2D eigenvalue weighted by Crippen LogP contribution is 2.49. The monoisotopic (exact) mass is 409 g/mol.